The molecule has 1 amide bonds. The molecule has 0 saturated heterocycles. The summed E-state index contributed by atoms with van der Waals surface area (Å²) >= 11 is 0. The zero-order chi connectivity index (χ0) is 17.9. The molecule has 1 aliphatic heterocycles. The van der Waals surface area contributed by atoms with E-state index in [0.717, 1.165) is 5.56 Å². The fraction of sp³-hybridized carbons (Fsp3) is 0.263. The Morgan fingerprint density at radius 1 is 1.16 bits per heavy atom. The first-order chi connectivity index (χ1) is 12.0. The summed E-state index contributed by atoms with van der Waals surface area (Å²) in [5.74, 6) is -1.15. The number of carbonyl (C=O) groups excluding carboxylic acids is 1. The number of rotatable bonds is 5. The van der Waals surface area contributed by atoms with E-state index in [9.17, 15) is 14.7 Å². The zero-order valence-corrected chi connectivity index (χ0v) is 13.8. The van der Waals surface area contributed by atoms with Crippen LogP contribution in [0.4, 0.5) is 5.69 Å². The molecular weight excluding hydrogens is 318 g/mol. The number of aliphatic carboxylic acids is 1. The van der Waals surface area contributed by atoms with Crippen LogP contribution in [0.15, 0.2) is 54.6 Å². The molecule has 0 saturated carbocycles. The Balaban J connectivity index is 1.88. The second-order valence-electron chi connectivity index (χ2n) is 6.36. The number of nitrogens with zero attached hydrogens (tertiary/aromatic N) is 1. The Bertz CT molecular complexity index is 778. The van der Waals surface area contributed by atoms with Crippen molar-refractivity contribution < 1.29 is 14.7 Å². The number of carbonyl (C=O) groups is 2. The van der Waals surface area contributed by atoms with Gasteiger partial charge in [0, 0.05) is 12.2 Å². The number of para-hydroxylation sites is 1. The van der Waals surface area contributed by atoms with Gasteiger partial charge < -0.3 is 21.1 Å². The molecule has 25 heavy (non-hydrogen) atoms. The predicted octanol–water partition coefficient (Wildman–Crippen LogP) is 1.93. The van der Waals surface area contributed by atoms with Crippen LogP contribution in [-0.2, 0) is 11.2 Å². The number of carboxylic acid groups (broad SMARTS) is 1. The fourth-order valence-electron chi connectivity index (χ4n) is 3.13. The first-order valence-electron chi connectivity index (χ1n) is 8.18. The van der Waals surface area contributed by atoms with Gasteiger partial charge in [-0.1, -0.05) is 42.5 Å². The molecule has 0 bridgehead atoms. The van der Waals surface area contributed by atoms with Gasteiger partial charge in [0.2, 0.25) is 0 Å². The third-order valence-corrected chi connectivity index (χ3v) is 4.28. The van der Waals surface area contributed by atoms with Crippen molar-refractivity contribution in [3.05, 3.63) is 65.7 Å². The molecule has 4 N–H and O–H groups in total. The highest BCUT2D eigenvalue weighted by Crippen LogP contribution is 2.26. The molecule has 0 spiro atoms. The van der Waals surface area contributed by atoms with Gasteiger partial charge >= 0.3 is 5.97 Å². The van der Waals surface area contributed by atoms with Gasteiger partial charge in [-0.2, -0.15) is 0 Å². The Kier molecular flexibility index (Phi) is 4.72. The molecule has 1 unspecified atom stereocenters. The predicted molar refractivity (Wildman–Crippen MR) is 95.3 cm³/mol. The van der Waals surface area contributed by atoms with Gasteiger partial charge in [0.15, 0.2) is 0 Å². The highest BCUT2D eigenvalue weighted by molar-refractivity contribution is 6.00. The van der Waals surface area contributed by atoms with Crippen LogP contribution in [0.2, 0.25) is 0 Å². The first-order valence-corrected chi connectivity index (χ1v) is 8.18. The van der Waals surface area contributed by atoms with Crippen molar-refractivity contribution in [3.63, 3.8) is 0 Å². The number of amides is 1. The molecule has 0 aliphatic carbocycles. The minimum Gasteiger partial charge on any atom is -0.481 e. The lowest BCUT2D eigenvalue weighted by Gasteiger charge is -2.32. The van der Waals surface area contributed by atoms with Crippen LogP contribution in [0.5, 0.6) is 0 Å². The number of carboxylic acids is 1. The van der Waals surface area contributed by atoms with Crippen molar-refractivity contribution in [1.29, 1.82) is 0 Å². The van der Waals surface area contributed by atoms with Gasteiger partial charge in [-0.25, -0.2) is 0 Å². The summed E-state index contributed by atoms with van der Waals surface area (Å²) in [5.41, 5.74) is 7.28. The molecule has 1 aliphatic rings. The molecule has 3 rings (SSSR count). The van der Waals surface area contributed by atoms with E-state index in [1.165, 1.54) is 0 Å². The lowest BCUT2D eigenvalue weighted by atomic mass is 10.1. The number of nitrogens with one attached hydrogen (secondary N) is 1. The molecule has 0 aromatic heterocycles. The van der Waals surface area contributed by atoms with Crippen molar-refractivity contribution in [2.75, 3.05) is 18.4 Å². The minimum atomic E-state index is -1.22. The number of hydrogen-bond acceptors (Lipinski definition) is 4. The largest absolute Gasteiger partial charge is 0.481 e. The summed E-state index contributed by atoms with van der Waals surface area (Å²) in [5, 5.41) is 12.3. The first kappa shape index (κ1) is 17.0. The molecule has 6 heteroatoms. The lowest BCUT2D eigenvalue weighted by molar-refractivity contribution is -0.138. The summed E-state index contributed by atoms with van der Waals surface area (Å²) < 4.78 is 0. The molecule has 0 fully saturated rings. The fourth-order valence-corrected chi connectivity index (χ4v) is 3.13. The maximum absolute atomic E-state index is 12.9. The average molecular weight is 339 g/mol. The van der Waals surface area contributed by atoms with Gasteiger partial charge in [-0.05, 0) is 24.1 Å². The summed E-state index contributed by atoms with van der Waals surface area (Å²) in [4.78, 5) is 25.8. The Labute approximate surface area is 146 Å². The van der Waals surface area contributed by atoms with Gasteiger partial charge in [0.05, 0.1) is 18.5 Å². The summed E-state index contributed by atoms with van der Waals surface area (Å²) in [6.45, 7) is 0.594. The van der Waals surface area contributed by atoms with E-state index in [0.29, 0.717) is 24.2 Å². The number of fused-ring (bicyclic) bond motifs is 1. The second kappa shape index (κ2) is 6.94. The van der Waals surface area contributed by atoms with Crippen LogP contribution in [0.1, 0.15) is 22.3 Å². The Morgan fingerprint density at radius 2 is 1.84 bits per heavy atom. The van der Waals surface area contributed by atoms with E-state index < -0.39 is 11.6 Å². The summed E-state index contributed by atoms with van der Waals surface area (Å²) in [7, 11) is 0. The third-order valence-electron chi connectivity index (χ3n) is 4.28. The molecule has 1 heterocycles. The SMILES string of the molecule is NC1(CC(=O)O)CN(CCc2ccccc2)C(=O)c2ccccc2N1. The lowest BCUT2D eigenvalue weighted by Crippen LogP contribution is -2.57. The molecule has 2 aromatic rings. The third kappa shape index (κ3) is 3.97. The van der Waals surface area contributed by atoms with Gasteiger partial charge in [-0.15, -0.1) is 0 Å². The maximum atomic E-state index is 12.9. The van der Waals surface area contributed by atoms with E-state index >= 15 is 0 Å². The highest BCUT2D eigenvalue weighted by atomic mass is 16.4. The van der Waals surface area contributed by atoms with Crippen molar-refractivity contribution >= 4 is 17.6 Å². The van der Waals surface area contributed by atoms with Crippen molar-refractivity contribution in [2.24, 2.45) is 5.73 Å². The minimum absolute atomic E-state index is 0.125. The van der Waals surface area contributed by atoms with Gasteiger partial charge in [0.25, 0.3) is 5.91 Å². The van der Waals surface area contributed by atoms with Crippen LogP contribution < -0.4 is 11.1 Å². The number of hydrogen-bond donors (Lipinski definition) is 3. The maximum Gasteiger partial charge on any atom is 0.307 e. The summed E-state index contributed by atoms with van der Waals surface area (Å²) in [6.07, 6.45) is 0.397. The summed E-state index contributed by atoms with van der Waals surface area (Å²) in [6, 6.07) is 16.9. The van der Waals surface area contributed by atoms with Crippen molar-refractivity contribution in [1.82, 2.24) is 4.90 Å². The van der Waals surface area contributed by atoms with Gasteiger partial charge in [0.1, 0.15) is 5.66 Å². The molecular formula is C19H21N3O3. The Morgan fingerprint density at radius 3 is 2.56 bits per heavy atom. The quantitative estimate of drug-likeness (QED) is 0.773. The highest BCUT2D eigenvalue weighted by Gasteiger charge is 2.37. The van der Waals surface area contributed by atoms with Crippen molar-refractivity contribution in [2.45, 2.75) is 18.5 Å². The van der Waals surface area contributed by atoms with E-state index in [-0.39, 0.29) is 18.9 Å². The van der Waals surface area contributed by atoms with E-state index in [1.807, 2.05) is 30.3 Å². The Hall–Kier alpha value is -2.86. The number of benzene rings is 2. The van der Waals surface area contributed by atoms with E-state index in [1.54, 1.807) is 29.2 Å². The average Bonchev–Trinajstić information content (AvgIpc) is 2.68. The second-order valence-corrected chi connectivity index (χ2v) is 6.36. The standard InChI is InChI=1S/C19H21N3O3/c20-19(12-17(23)24)13-22(11-10-14-6-2-1-3-7-14)18(25)15-8-4-5-9-16(15)21-19/h1-9,21H,10-13,20H2,(H,23,24). The molecule has 2 aromatic carbocycles. The number of nitrogens with two attached hydrogens (primary N) is 1. The molecule has 130 valence electrons. The molecule has 1 atom stereocenters. The van der Waals surface area contributed by atoms with Gasteiger partial charge in [-0.3, -0.25) is 9.59 Å². The van der Waals surface area contributed by atoms with Crippen molar-refractivity contribution in [3.8, 4) is 0 Å². The van der Waals surface area contributed by atoms with Crippen LogP contribution in [0, 0.1) is 0 Å². The number of anilines is 1. The van der Waals surface area contributed by atoms with Crippen LogP contribution in [0.25, 0.3) is 0 Å². The monoisotopic (exact) mass is 339 g/mol. The van der Waals surface area contributed by atoms with Crippen LogP contribution in [0.3, 0.4) is 0 Å². The topological polar surface area (TPSA) is 95.7 Å². The molecule has 0 radical (unpaired) electrons. The van der Waals surface area contributed by atoms with Crippen LogP contribution in [-0.4, -0.2) is 40.6 Å². The zero-order valence-electron chi connectivity index (χ0n) is 13.8. The molecule has 6 nitrogen and oxygen atoms in total. The normalized spacial score (nSPS) is 19.7. The van der Waals surface area contributed by atoms with E-state index in [4.69, 9.17) is 5.73 Å². The smallest absolute Gasteiger partial charge is 0.307 e. The van der Waals surface area contributed by atoms with E-state index in [2.05, 4.69) is 5.32 Å². The van der Waals surface area contributed by atoms with Crippen LogP contribution >= 0.6 is 0 Å².